The molecule has 1 fully saturated rings. The first-order chi connectivity index (χ1) is 12.9. The highest BCUT2D eigenvalue weighted by Gasteiger charge is 2.33. The number of esters is 1. The maximum atomic E-state index is 12.5. The van der Waals surface area contributed by atoms with Crippen molar-refractivity contribution >= 4 is 49.0 Å². The van der Waals surface area contributed by atoms with Gasteiger partial charge in [0.2, 0.25) is 0 Å². The Balaban J connectivity index is 1.51. The van der Waals surface area contributed by atoms with Gasteiger partial charge in [-0.15, -0.1) is 11.3 Å². The van der Waals surface area contributed by atoms with E-state index in [2.05, 4.69) is 15.9 Å². The molecule has 0 radical (unpaired) electrons. The predicted octanol–water partition coefficient (Wildman–Crippen LogP) is 3.34. The average molecular weight is 472 g/mol. The molecular weight excluding hydrogens is 454 g/mol. The fourth-order valence-electron chi connectivity index (χ4n) is 2.87. The van der Waals surface area contributed by atoms with Crippen LogP contribution in [-0.4, -0.2) is 44.2 Å². The van der Waals surface area contributed by atoms with E-state index in [4.69, 9.17) is 4.74 Å². The summed E-state index contributed by atoms with van der Waals surface area (Å²) in [6, 6.07) is 10.2. The first-order valence-corrected chi connectivity index (χ1v) is 11.5. The molecule has 0 bridgehead atoms. The molecular formula is C18H18BrNO5S2. The Morgan fingerprint density at radius 1 is 1.19 bits per heavy atom. The Bertz CT molecular complexity index is 919. The number of rotatable bonds is 6. The van der Waals surface area contributed by atoms with Gasteiger partial charge >= 0.3 is 5.97 Å². The summed E-state index contributed by atoms with van der Waals surface area (Å²) in [4.78, 5) is 24.4. The van der Waals surface area contributed by atoms with Gasteiger partial charge in [-0.05, 0) is 36.4 Å². The number of piperidine rings is 1. The molecule has 144 valence electrons. The van der Waals surface area contributed by atoms with Gasteiger partial charge in [0, 0.05) is 23.1 Å². The normalized spacial score (nSPS) is 16.2. The van der Waals surface area contributed by atoms with Crippen molar-refractivity contribution < 1.29 is 22.7 Å². The molecule has 0 atom stereocenters. The van der Waals surface area contributed by atoms with Crippen LogP contribution in [0.2, 0.25) is 0 Å². The van der Waals surface area contributed by atoms with Gasteiger partial charge in [-0.1, -0.05) is 34.1 Å². The maximum absolute atomic E-state index is 12.5. The summed E-state index contributed by atoms with van der Waals surface area (Å²) in [6.45, 7) is 0.210. The van der Waals surface area contributed by atoms with Gasteiger partial charge in [0.1, 0.15) is 4.21 Å². The van der Waals surface area contributed by atoms with Crippen molar-refractivity contribution in [3.8, 4) is 0 Å². The van der Waals surface area contributed by atoms with E-state index in [1.165, 1.54) is 15.6 Å². The number of Topliss-reactive ketones (excluding diaryl/α,β-unsaturated/α-hetero) is 1. The molecule has 1 saturated heterocycles. The van der Waals surface area contributed by atoms with Crippen LogP contribution in [0.3, 0.4) is 0 Å². The Hall–Kier alpha value is -1.55. The zero-order valence-corrected chi connectivity index (χ0v) is 17.6. The minimum Gasteiger partial charge on any atom is -0.457 e. The largest absolute Gasteiger partial charge is 0.457 e. The summed E-state index contributed by atoms with van der Waals surface area (Å²) < 4.78 is 32.6. The molecule has 9 heteroatoms. The van der Waals surface area contributed by atoms with Gasteiger partial charge in [-0.25, -0.2) is 8.42 Å². The Morgan fingerprint density at radius 3 is 2.56 bits per heavy atom. The lowest BCUT2D eigenvalue weighted by atomic mass is 9.98. The third-order valence-corrected chi connectivity index (χ3v) is 8.13. The number of halogens is 1. The molecule has 6 nitrogen and oxygen atoms in total. The molecule has 0 unspecified atom stereocenters. The van der Waals surface area contributed by atoms with Crippen molar-refractivity contribution in [2.24, 2.45) is 5.92 Å². The van der Waals surface area contributed by atoms with Crippen LogP contribution in [0.25, 0.3) is 0 Å². The lowest BCUT2D eigenvalue weighted by Gasteiger charge is -2.29. The summed E-state index contributed by atoms with van der Waals surface area (Å²) in [5.41, 5.74) is 0.467. The quantitative estimate of drug-likeness (QED) is 0.476. The maximum Gasteiger partial charge on any atom is 0.309 e. The van der Waals surface area contributed by atoms with Crippen LogP contribution in [0.15, 0.2) is 50.5 Å². The van der Waals surface area contributed by atoms with E-state index < -0.39 is 21.9 Å². The molecule has 27 heavy (non-hydrogen) atoms. The number of ether oxygens (including phenoxy) is 1. The number of carbonyl (C=O) groups excluding carboxylic acids is 2. The van der Waals surface area contributed by atoms with Gasteiger partial charge in [-0.3, -0.25) is 9.59 Å². The number of carbonyl (C=O) groups is 2. The van der Waals surface area contributed by atoms with Gasteiger partial charge in [-0.2, -0.15) is 4.31 Å². The minimum absolute atomic E-state index is 0.263. The first kappa shape index (κ1) is 20.2. The number of hydrogen-bond acceptors (Lipinski definition) is 6. The van der Waals surface area contributed by atoms with Crippen molar-refractivity contribution in [2.75, 3.05) is 19.7 Å². The van der Waals surface area contributed by atoms with E-state index in [9.17, 15) is 18.0 Å². The van der Waals surface area contributed by atoms with Crippen LogP contribution in [0.1, 0.15) is 23.2 Å². The summed E-state index contributed by atoms with van der Waals surface area (Å²) >= 11 is 4.47. The topological polar surface area (TPSA) is 80.8 Å². The fraction of sp³-hybridized carbons (Fsp3) is 0.333. The molecule has 3 rings (SSSR count). The van der Waals surface area contributed by atoms with Gasteiger partial charge in [0.15, 0.2) is 12.4 Å². The Morgan fingerprint density at radius 2 is 1.93 bits per heavy atom. The van der Waals surface area contributed by atoms with Gasteiger partial charge in [0.25, 0.3) is 10.0 Å². The Labute approximate surface area is 170 Å². The second-order valence-corrected chi connectivity index (χ2v) is 10.2. The van der Waals surface area contributed by atoms with Crippen molar-refractivity contribution in [1.29, 1.82) is 0 Å². The fourth-order valence-corrected chi connectivity index (χ4v) is 5.88. The van der Waals surface area contributed by atoms with E-state index >= 15 is 0 Å². The number of ketones is 1. The second kappa shape index (κ2) is 8.64. The molecule has 1 aromatic heterocycles. The average Bonchev–Trinajstić information content (AvgIpc) is 3.21. The minimum atomic E-state index is -3.49. The predicted molar refractivity (Wildman–Crippen MR) is 105 cm³/mol. The van der Waals surface area contributed by atoms with Crippen molar-refractivity contribution in [2.45, 2.75) is 17.1 Å². The van der Waals surface area contributed by atoms with Crippen molar-refractivity contribution in [3.05, 3.63) is 51.8 Å². The molecule has 2 aromatic rings. The van der Waals surface area contributed by atoms with Crippen molar-refractivity contribution in [3.63, 3.8) is 0 Å². The molecule has 0 saturated carbocycles. The van der Waals surface area contributed by atoms with Gasteiger partial charge in [0.05, 0.1) is 5.92 Å². The molecule has 0 spiro atoms. The van der Waals surface area contributed by atoms with Gasteiger partial charge < -0.3 is 4.74 Å². The molecule has 1 aliphatic heterocycles. The summed E-state index contributed by atoms with van der Waals surface area (Å²) in [7, 11) is -3.49. The summed E-state index contributed by atoms with van der Waals surface area (Å²) in [5.74, 6) is -1.12. The third-order valence-electron chi connectivity index (χ3n) is 4.37. The Kier molecular flexibility index (Phi) is 6.46. The van der Waals surface area contributed by atoms with Crippen LogP contribution in [0, 0.1) is 5.92 Å². The third kappa shape index (κ3) is 4.84. The molecule has 1 aromatic carbocycles. The highest BCUT2D eigenvalue weighted by Crippen LogP contribution is 2.26. The smallest absolute Gasteiger partial charge is 0.309 e. The SMILES string of the molecule is O=C(COC(=O)C1CCN(S(=O)(=O)c2cccs2)CC1)c1cccc(Br)c1. The number of thiophene rings is 1. The zero-order valence-electron chi connectivity index (χ0n) is 14.3. The van der Waals surface area contributed by atoms with E-state index in [1.807, 2.05) is 0 Å². The van der Waals surface area contributed by atoms with E-state index in [0.717, 1.165) is 4.47 Å². The van der Waals surface area contributed by atoms with Crippen LogP contribution in [-0.2, 0) is 19.6 Å². The zero-order chi connectivity index (χ0) is 19.4. The monoisotopic (exact) mass is 471 g/mol. The molecule has 0 amide bonds. The highest BCUT2D eigenvalue weighted by atomic mass is 79.9. The molecule has 2 heterocycles. The van der Waals surface area contributed by atoms with Crippen molar-refractivity contribution in [1.82, 2.24) is 4.31 Å². The van der Waals surface area contributed by atoms with E-state index in [1.54, 1.807) is 41.8 Å². The van der Waals surface area contributed by atoms with Crippen LogP contribution in [0.4, 0.5) is 0 Å². The molecule has 0 N–H and O–H groups in total. The standard InChI is InChI=1S/C18H18BrNO5S2/c19-15-4-1-3-14(11-15)16(21)12-25-18(22)13-6-8-20(9-7-13)27(23,24)17-5-2-10-26-17/h1-5,10-11,13H,6-9,12H2. The summed E-state index contributed by atoms with van der Waals surface area (Å²) in [6.07, 6.45) is 0.767. The lowest BCUT2D eigenvalue weighted by Crippen LogP contribution is -2.40. The molecule has 1 aliphatic rings. The number of benzene rings is 1. The van der Waals surface area contributed by atoms with Crippen LogP contribution < -0.4 is 0 Å². The first-order valence-electron chi connectivity index (χ1n) is 8.37. The number of hydrogen-bond donors (Lipinski definition) is 0. The van der Waals surface area contributed by atoms with E-state index in [0.29, 0.717) is 22.6 Å². The van der Waals surface area contributed by atoms with Crippen LogP contribution >= 0.6 is 27.3 Å². The second-order valence-electron chi connectivity index (χ2n) is 6.15. The summed E-state index contributed by atoms with van der Waals surface area (Å²) in [5, 5.41) is 1.72. The highest BCUT2D eigenvalue weighted by molar-refractivity contribution is 9.10. The number of nitrogens with zero attached hydrogens (tertiary/aromatic N) is 1. The van der Waals surface area contributed by atoms with E-state index in [-0.39, 0.29) is 25.5 Å². The molecule has 0 aliphatic carbocycles. The number of sulfonamides is 1. The lowest BCUT2D eigenvalue weighted by molar-refractivity contribution is -0.148. The van der Waals surface area contributed by atoms with Crippen LogP contribution in [0.5, 0.6) is 0 Å².